The van der Waals surface area contributed by atoms with E-state index in [1.165, 1.54) is 6.07 Å². The third-order valence-corrected chi connectivity index (χ3v) is 1.84. The first-order chi connectivity index (χ1) is 5.63. The largest absolute Gasteiger partial charge is 0.270 e. The molecule has 1 aromatic rings. The summed E-state index contributed by atoms with van der Waals surface area (Å²) in [6, 6.07) is 4.85. The van der Waals surface area contributed by atoms with Crippen LogP contribution in [0.25, 0.3) is 0 Å². The van der Waals surface area contributed by atoms with Gasteiger partial charge in [-0.05, 0) is 18.1 Å². The molecule has 0 unspecified atom stereocenters. The Morgan fingerprint density at radius 1 is 1.50 bits per heavy atom. The lowest BCUT2D eigenvalue weighted by atomic mass is 10.1. The van der Waals surface area contributed by atoms with E-state index in [0.29, 0.717) is 4.90 Å². The first kappa shape index (κ1) is 9.06. The van der Waals surface area contributed by atoms with Gasteiger partial charge in [0, 0.05) is 17.0 Å². The van der Waals surface area contributed by atoms with Crippen LogP contribution in [0.2, 0.25) is 0 Å². The molecule has 0 atom stereocenters. The third-order valence-electron chi connectivity index (χ3n) is 1.58. The van der Waals surface area contributed by atoms with Crippen LogP contribution in [-0.4, -0.2) is 4.92 Å². The van der Waals surface area contributed by atoms with Gasteiger partial charge >= 0.3 is 0 Å². The molecule has 0 aliphatic heterocycles. The zero-order valence-electron chi connectivity index (χ0n) is 6.65. The number of nitro benzene ring substituents is 1. The van der Waals surface area contributed by atoms with Crippen molar-refractivity contribution >= 4 is 18.3 Å². The van der Waals surface area contributed by atoms with Crippen molar-refractivity contribution in [3.63, 3.8) is 0 Å². The Balaban J connectivity index is 3.15. The van der Waals surface area contributed by atoms with Crippen molar-refractivity contribution in [1.82, 2.24) is 0 Å². The first-order valence-electron chi connectivity index (χ1n) is 3.61. The Morgan fingerprint density at radius 2 is 2.17 bits per heavy atom. The fourth-order valence-electron chi connectivity index (χ4n) is 0.966. The van der Waals surface area contributed by atoms with E-state index in [1.807, 2.05) is 13.0 Å². The van der Waals surface area contributed by atoms with Crippen molar-refractivity contribution in [3.05, 3.63) is 33.9 Å². The minimum Gasteiger partial charge on any atom is -0.258 e. The Morgan fingerprint density at radius 3 is 2.67 bits per heavy atom. The number of hydrogen-bond acceptors (Lipinski definition) is 3. The number of benzene rings is 1. The quantitative estimate of drug-likeness (QED) is 0.434. The molecule has 0 spiro atoms. The van der Waals surface area contributed by atoms with E-state index in [0.717, 1.165) is 12.0 Å². The minimum absolute atomic E-state index is 0.111. The summed E-state index contributed by atoms with van der Waals surface area (Å²) in [7, 11) is 0. The molecule has 1 rings (SSSR count). The number of rotatable bonds is 2. The number of aryl methyl sites for hydroxylation is 1. The molecule has 64 valence electrons. The number of hydrogen-bond donors (Lipinski definition) is 1. The molecule has 0 N–H and O–H groups in total. The normalized spacial score (nSPS) is 9.83. The molecule has 3 nitrogen and oxygen atoms in total. The smallest absolute Gasteiger partial charge is 0.258 e. The SMILES string of the molecule is CCc1cc(S)cc([N+](=O)[O-])c1. The Labute approximate surface area is 76.0 Å². The lowest BCUT2D eigenvalue weighted by Gasteiger charge is -1.98. The van der Waals surface area contributed by atoms with Gasteiger partial charge in [0.1, 0.15) is 0 Å². The van der Waals surface area contributed by atoms with Crippen molar-refractivity contribution in [1.29, 1.82) is 0 Å². The fourth-order valence-corrected chi connectivity index (χ4v) is 1.26. The van der Waals surface area contributed by atoms with E-state index in [9.17, 15) is 10.1 Å². The molecule has 0 aromatic heterocycles. The van der Waals surface area contributed by atoms with E-state index < -0.39 is 4.92 Å². The zero-order valence-corrected chi connectivity index (χ0v) is 7.54. The van der Waals surface area contributed by atoms with Gasteiger partial charge in [-0.1, -0.05) is 6.92 Å². The molecule has 12 heavy (non-hydrogen) atoms. The van der Waals surface area contributed by atoms with E-state index in [2.05, 4.69) is 12.6 Å². The standard InChI is InChI=1S/C8H9NO2S/c1-2-6-3-7(9(10)11)5-8(12)4-6/h3-5,12H,2H2,1H3. The lowest BCUT2D eigenvalue weighted by Crippen LogP contribution is -1.90. The topological polar surface area (TPSA) is 43.1 Å². The van der Waals surface area contributed by atoms with Crippen LogP contribution < -0.4 is 0 Å². The second-order valence-corrected chi connectivity index (χ2v) is 2.98. The molecule has 0 bridgehead atoms. The van der Waals surface area contributed by atoms with Crippen molar-refractivity contribution in [2.45, 2.75) is 18.2 Å². The molecule has 0 fully saturated rings. The average Bonchev–Trinajstić information content (AvgIpc) is 2.03. The number of thiol groups is 1. The van der Waals surface area contributed by atoms with Crippen molar-refractivity contribution in [2.24, 2.45) is 0 Å². The Kier molecular flexibility index (Phi) is 2.70. The van der Waals surface area contributed by atoms with Gasteiger partial charge in [-0.3, -0.25) is 10.1 Å². The highest BCUT2D eigenvalue weighted by Crippen LogP contribution is 2.19. The average molecular weight is 183 g/mol. The third kappa shape index (κ3) is 1.98. The molecule has 0 heterocycles. The summed E-state index contributed by atoms with van der Waals surface area (Å²) in [5.74, 6) is 0. The molecular formula is C8H9NO2S. The molecule has 0 amide bonds. The summed E-state index contributed by atoms with van der Waals surface area (Å²) in [5.41, 5.74) is 1.05. The van der Waals surface area contributed by atoms with Crippen molar-refractivity contribution in [3.8, 4) is 0 Å². The van der Waals surface area contributed by atoms with Gasteiger partial charge in [0.2, 0.25) is 0 Å². The van der Waals surface area contributed by atoms with Gasteiger partial charge < -0.3 is 0 Å². The van der Waals surface area contributed by atoms with Crippen LogP contribution >= 0.6 is 12.6 Å². The predicted octanol–water partition coefficient (Wildman–Crippen LogP) is 2.45. The maximum absolute atomic E-state index is 10.4. The molecule has 0 aliphatic carbocycles. The number of nitrogens with zero attached hydrogens (tertiary/aromatic N) is 1. The van der Waals surface area contributed by atoms with E-state index in [1.54, 1.807) is 6.07 Å². The van der Waals surface area contributed by atoms with Crippen LogP contribution in [0.5, 0.6) is 0 Å². The van der Waals surface area contributed by atoms with E-state index >= 15 is 0 Å². The summed E-state index contributed by atoms with van der Waals surface area (Å²) in [6.45, 7) is 1.95. The number of non-ortho nitro benzene ring substituents is 1. The van der Waals surface area contributed by atoms with Crippen LogP contribution in [0, 0.1) is 10.1 Å². The zero-order chi connectivity index (χ0) is 9.14. The first-order valence-corrected chi connectivity index (χ1v) is 4.05. The van der Waals surface area contributed by atoms with Gasteiger partial charge in [-0.2, -0.15) is 0 Å². The highest BCUT2D eigenvalue weighted by Gasteiger charge is 2.06. The highest BCUT2D eigenvalue weighted by molar-refractivity contribution is 7.80. The summed E-state index contributed by atoms with van der Waals surface area (Å²) >= 11 is 4.07. The lowest BCUT2D eigenvalue weighted by molar-refractivity contribution is -0.385. The minimum atomic E-state index is -0.404. The maximum atomic E-state index is 10.4. The fraction of sp³-hybridized carbons (Fsp3) is 0.250. The van der Waals surface area contributed by atoms with Gasteiger partial charge in [-0.15, -0.1) is 12.6 Å². The molecule has 1 aromatic carbocycles. The monoisotopic (exact) mass is 183 g/mol. The van der Waals surface area contributed by atoms with Gasteiger partial charge in [0.05, 0.1) is 4.92 Å². The molecule has 4 heteroatoms. The Bertz CT molecular complexity index is 312. The molecular weight excluding hydrogens is 174 g/mol. The predicted molar refractivity (Wildman–Crippen MR) is 49.7 cm³/mol. The number of nitro groups is 1. The highest BCUT2D eigenvalue weighted by atomic mass is 32.1. The van der Waals surface area contributed by atoms with Gasteiger partial charge in [0.15, 0.2) is 0 Å². The van der Waals surface area contributed by atoms with Crippen molar-refractivity contribution < 1.29 is 4.92 Å². The second-order valence-electron chi connectivity index (χ2n) is 2.47. The van der Waals surface area contributed by atoms with Gasteiger partial charge in [0.25, 0.3) is 5.69 Å². The summed E-state index contributed by atoms with van der Waals surface area (Å²) in [4.78, 5) is 10.6. The van der Waals surface area contributed by atoms with Crippen LogP contribution in [-0.2, 0) is 6.42 Å². The van der Waals surface area contributed by atoms with Crippen molar-refractivity contribution in [2.75, 3.05) is 0 Å². The molecule has 0 radical (unpaired) electrons. The maximum Gasteiger partial charge on any atom is 0.270 e. The molecule has 0 saturated carbocycles. The summed E-state index contributed by atoms with van der Waals surface area (Å²) in [6.07, 6.45) is 0.787. The summed E-state index contributed by atoms with van der Waals surface area (Å²) in [5, 5.41) is 10.4. The van der Waals surface area contributed by atoms with Gasteiger partial charge in [-0.25, -0.2) is 0 Å². The van der Waals surface area contributed by atoms with Crippen LogP contribution in [0.15, 0.2) is 23.1 Å². The Hall–Kier alpha value is -1.03. The molecule has 0 aliphatic rings. The molecule has 0 saturated heterocycles. The van der Waals surface area contributed by atoms with Crippen LogP contribution in [0.3, 0.4) is 0 Å². The van der Waals surface area contributed by atoms with E-state index in [4.69, 9.17) is 0 Å². The van der Waals surface area contributed by atoms with E-state index in [-0.39, 0.29) is 5.69 Å². The van der Waals surface area contributed by atoms with Crippen LogP contribution in [0.1, 0.15) is 12.5 Å². The summed E-state index contributed by atoms with van der Waals surface area (Å²) < 4.78 is 0. The van der Waals surface area contributed by atoms with Crippen LogP contribution in [0.4, 0.5) is 5.69 Å². The second kappa shape index (κ2) is 3.58.